The van der Waals surface area contributed by atoms with Gasteiger partial charge in [0.25, 0.3) is 5.91 Å². The predicted molar refractivity (Wildman–Crippen MR) is 105 cm³/mol. The number of carbonyl (C=O) groups is 1. The van der Waals surface area contributed by atoms with Crippen molar-refractivity contribution in [3.8, 4) is 0 Å². The molecule has 2 aromatic rings. The first-order valence-electron chi connectivity index (χ1n) is 9.03. The molecule has 0 radical (unpaired) electrons. The van der Waals surface area contributed by atoms with Gasteiger partial charge in [-0.25, -0.2) is 9.97 Å². The van der Waals surface area contributed by atoms with Crippen LogP contribution in [0.1, 0.15) is 36.3 Å². The number of amides is 1. The Kier molecular flexibility index (Phi) is 7.53. The third-order valence-electron chi connectivity index (χ3n) is 4.07. The van der Waals surface area contributed by atoms with Gasteiger partial charge in [0.15, 0.2) is 0 Å². The van der Waals surface area contributed by atoms with Gasteiger partial charge in [-0.3, -0.25) is 4.79 Å². The average molecular weight is 355 g/mol. The van der Waals surface area contributed by atoms with Crippen molar-refractivity contribution in [3.63, 3.8) is 0 Å². The lowest BCUT2D eigenvalue weighted by molar-refractivity contribution is 0.0947. The van der Waals surface area contributed by atoms with Gasteiger partial charge in [-0.15, -0.1) is 0 Å². The van der Waals surface area contributed by atoms with Gasteiger partial charge in [0.05, 0.1) is 0 Å². The Morgan fingerprint density at radius 1 is 1.15 bits per heavy atom. The maximum Gasteiger partial charge on any atom is 0.270 e. The fraction of sp³-hybridized carbons (Fsp3) is 0.450. The maximum atomic E-state index is 12.4. The summed E-state index contributed by atoms with van der Waals surface area (Å²) < 4.78 is 0. The van der Waals surface area contributed by atoms with Crippen LogP contribution in [0.15, 0.2) is 42.7 Å². The second-order valence-corrected chi connectivity index (χ2v) is 6.88. The van der Waals surface area contributed by atoms with E-state index in [-0.39, 0.29) is 11.9 Å². The number of nitrogens with one attached hydrogen (secondary N) is 1. The minimum atomic E-state index is -0.157. The molecule has 0 unspecified atom stereocenters. The topological polar surface area (TPSA) is 61.4 Å². The molecule has 1 aromatic heterocycles. The SMILES string of the molecule is CC(C)N(Cc1ccccc1)c1cc(C(=O)NCCCN(C)C)ncn1. The van der Waals surface area contributed by atoms with Crippen LogP contribution >= 0.6 is 0 Å². The molecule has 2 rings (SSSR count). The van der Waals surface area contributed by atoms with E-state index in [0.717, 1.165) is 25.3 Å². The summed E-state index contributed by atoms with van der Waals surface area (Å²) in [4.78, 5) is 25.2. The van der Waals surface area contributed by atoms with E-state index in [2.05, 4.69) is 51.1 Å². The highest BCUT2D eigenvalue weighted by Gasteiger charge is 2.16. The molecule has 6 nitrogen and oxygen atoms in total. The molecule has 0 saturated carbocycles. The number of aromatic nitrogens is 2. The van der Waals surface area contributed by atoms with E-state index in [1.807, 2.05) is 32.3 Å². The van der Waals surface area contributed by atoms with E-state index >= 15 is 0 Å². The van der Waals surface area contributed by atoms with Crippen molar-refractivity contribution >= 4 is 11.7 Å². The van der Waals surface area contributed by atoms with Gasteiger partial charge in [-0.05, 0) is 46.5 Å². The van der Waals surface area contributed by atoms with Gasteiger partial charge < -0.3 is 15.1 Å². The third-order valence-corrected chi connectivity index (χ3v) is 4.07. The van der Waals surface area contributed by atoms with Crippen molar-refractivity contribution in [1.82, 2.24) is 20.2 Å². The van der Waals surface area contributed by atoms with E-state index in [9.17, 15) is 4.79 Å². The predicted octanol–water partition coefficient (Wildman–Crippen LogP) is 2.57. The quantitative estimate of drug-likeness (QED) is 0.701. The molecule has 0 aliphatic heterocycles. The number of nitrogens with zero attached hydrogens (tertiary/aromatic N) is 4. The molecule has 0 fully saturated rings. The Labute approximate surface area is 156 Å². The van der Waals surface area contributed by atoms with Crippen LogP contribution in [0.5, 0.6) is 0 Å². The Hall–Kier alpha value is -2.47. The van der Waals surface area contributed by atoms with E-state index in [0.29, 0.717) is 12.2 Å². The van der Waals surface area contributed by atoms with Crippen molar-refractivity contribution in [2.75, 3.05) is 32.1 Å². The normalized spacial score (nSPS) is 11.0. The molecule has 140 valence electrons. The van der Waals surface area contributed by atoms with E-state index in [1.165, 1.54) is 11.9 Å². The molecule has 0 atom stereocenters. The molecule has 0 spiro atoms. The summed E-state index contributed by atoms with van der Waals surface area (Å²) >= 11 is 0. The minimum absolute atomic E-state index is 0.157. The number of rotatable bonds is 9. The minimum Gasteiger partial charge on any atom is -0.351 e. The van der Waals surface area contributed by atoms with Crippen LogP contribution in [-0.2, 0) is 6.54 Å². The summed E-state index contributed by atoms with van der Waals surface area (Å²) in [5.41, 5.74) is 1.60. The fourth-order valence-electron chi connectivity index (χ4n) is 2.62. The van der Waals surface area contributed by atoms with Crippen molar-refractivity contribution in [1.29, 1.82) is 0 Å². The van der Waals surface area contributed by atoms with Crippen molar-refractivity contribution in [2.45, 2.75) is 32.9 Å². The van der Waals surface area contributed by atoms with Gasteiger partial charge >= 0.3 is 0 Å². The van der Waals surface area contributed by atoms with Crippen LogP contribution in [0, 0.1) is 0 Å². The molecule has 1 amide bonds. The largest absolute Gasteiger partial charge is 0.351 e. The summed E-state index contributed by atoms with van der Waals surface area (Å²) in [6.07, 6.45) is 2.37. The molecule has 1 heterocycles. The second-order valence-electron chi connectivity index (χ2n) is 6.88. The molecule has 0 saturated heterocycles. The summed E-state index contributed by atoms with van der Waals surface area (Å²) in [5, 5.41) is 2.92. The van der Waals surface area contributed by atoms with Crippen LogP contribution in [0.3, 0.4) is 0 Å². The van der Waals surface area contributed by atoms with Gasteiger partial charge in [-0.1, -0.05) is 30.3 Å². The zero-order valence-corrected chi connectivity index (χ0v) is 16.1. The van der Waals surface area contributed by atoms with E-state index in [1.54, 1.807) is 6.07 Å². The van der Waals surface area contributed by atoms with Gasteiger partial charge in [-0.2, -0.15) is 0 Å². The van der Waals surface area contributed by atoms with Crippen molar-refractivity contribution < 1.29 is 4.79 Å². The zero-order valence-electron chi connectivity index (χ0n) is 16.1. The Morgan fingerprint density at radius 2 is 1.88 bits per heavy atom. The molecule has 26 heavy (non-hydrogen) atoms. The van der Waals surface area contributed by atoms with Crippen LogP contribution in [0.2, 0.25) is 0 Å². The Morgan fingerprint density at radius 3 is 2.54 bits per heavy atom. The summed E-state index contributed by atoms with van der Waals surface area (Å²) in [6, 6.07) is 12.3. The first-order valence-corrected chi connectivity index (χ1v) is 9.03. The van der Waals surface area contributed by atoms with Crippen LogP contribution in [0.4, 0.5) is 5.82 Å². The molecular weight excluding hydrogens is 326 g/mol. The van der Waals surface area contributed by atoms with Crippen molar-refractivity contribution in [3.05, 3.63) is 54.0 Å². The van der Waals surface area contributed by atoms with Gasteiger partial charge in [0, 0.05) is 25.2 Å². The molecule has 0 aliphatic rings. The number of hydrogen-bond donors (Lipinski definition) is 1. The highest BCUT2D eigenvalue weighted by molar-refractivity contribution is 5.92. The second kappa shape index (κ2) is 9.87. The van der Waals surface area contributed by atoms with E-state index < -0.39 is 0 Å². The van der Waals surface area contributed by atoms with Gasteiger partial charge in [0.1, 0.15) is 17.8 Å². The van der Waals surface area contributed by atoms with Gasteiger partial charge in [0.2, 0.25) is 0 Å². The number of anilines is 1. The average Bonchev–Trinajstić information content (AvgIpc) is 2.63. The van der Waals surface area contributed by atoms with E-state index in [4.69, 9.17) is 0 Å². The maximum absolute atomic E-state index is 12.4. The molecule has 0 bridgehead atoms. The number of benzene rings is 1. The van der Waals surface area contributed by atoms with Crippen molar-refractivity contribution in [2.24, 2.45) is 0 Å². The number of carbonyl (C=O) groups excluding carboxylic acids is 1. The third kappa shape index (κ3) is 6.11. The number of hydrogen-bond acceptors (Lipinski definition) is 5. The molecule has 0 aliphatic carbocycles. The Balaban J connectivity index is 2.06. The molecular formula is C20H29N5O. The standard InChI is InChI=1S/C20H29N5O/c1-16(2)25(14-17-9-6-5-7-10-17)19-13-18(22-15-23-19)20(26)21-11-8-12-24(3)4/h5-7,9-10,13,15-16H,8,11-12,14H2,1-4H3,(H,21,26). The summed E-state index contributed by atoms with van der Waals surface area (Å²) in [7, 11) is 4.04. The molecule has 6 heteroatoms. The first kappa shape index (κ1) is 19.8. The monoisotopic (exact) mass is 355 g/mol. The Bertz CT molecular complexity index is 688. The first-order chi connectivity index (χ1) is 12.5. The lowest BCUT2D eigenvalue weighted by Gasteiger charge is -2.28. The summed E-state index contributed by atoms with van der Waals surface area (Å²) in [5.74, 6) is 0.605. The molecule has 1 aromatic carbocycles. The smallest absolute Gasteiger partial charge is 0.270 e. The highest BCUT2D eigenvalue weighted by atomic mass is 16.1. The fourth-order valence-corrected chi connectivity index (χ4v) is 2.62. The van der Waals surface area contributed by atoms with Crippen LogP contribution < -0.4 is 10.2 Å². The van der Waals surface area contributed by atoms with Crippen LogP contribution in [-0.4, -0.2) is 54.0 Å². The lowest BCUT2D eigenvalue weighted by atomic mass is 10.2. The van der Waals surface area contributed by atoms with Crippen LogP contribution in [0.25, 0.3) is 0 Å². The highest BCUT2D eigenvalue weighted by Crippen LogP contribution is 2.18. The summed E-state index contributed by atoms with van der Waals surface area (Å²) in [6.45, 7) is 6.54. The lowest BCUT2D eigenvalue weighted by Crippen LogP contribution is -2.32. The zero-order chi connectivity index (χ0) is 18.9. The molecule has 1 N–H and O–H groups in total.